The first-order chi connectivity index (χ1) is 13.0. The molecular formula is C22H24N2O3. The predicted molar refractivity (Wildman–Crippen MR) is 105 cm³/mol. The number of ether oxygens (including phenoxy) is 1. The van der Waals surface area contributed by atoms with Gasteiger partial charge >= 0.3 is 0 Å². The molecule has 3 unspecified atom stereocenters. The van der Waals surface area contributed by atoms with Crippen molar-refractivity contribution in [2.24, 2.45) is 5.92 Å². The third-order valence-corrected chi connectivity index (χ3v) is 5.58. The maximum atomic E-state index is 12.4. The molecule has 5 nitrogen and oxygen atoms in total. The summed E-state index contributed by atoms with van der Waals surface area (Å²) in [6.45, 7) is 0. The van der Waals surface area contributed by atoms with Gasteiger partial charge in [-0.25, -0.2) is 0 Å². The van der Waals surface area contributed by atoms with E-state index in [-0.39, 0.29) is 23.6 Å². The zero-order valence-corrected chi connectivity index (χ0v) is 15.8. The summed E-state index contributed by atoms with van der Waals surface area (Å²) in [5, 5.41) is 13.6. The summed E-state index contributed by atoms with van der Waals surface area (Å²) in [5.41, 5.74) is 4.02. The molecule has 4 rings (SSSR count). The van der Waals surface area contributed by atoms with Crippen molar-refractivity contribution in [1.29, 1.82) is 0 Å². The monoisotopic (exact) mass is 364 g/mol. The van der Waals surface area contributed by atoms with Crippen LogP contribution in [-0.2, 0) is 0 Å². The second-order valence-corrected chi connectivity index (χ2v) is 7.41. The molecule has 3 atom stereocenters. The smallest absolute Gasteiger partial charge is 0.253 e. The number of carbonyl (C=O) groups excluding carboxylic acids is 1. The molecule has 1 aliphatic carbocycles. The van der Waals surface area contributed by atoms with E-state index >= 15 is 0 Å². The average molecular weight is 364 g/mol. The predicted octanol–water partition coefficient (Wildman–Crippen LogP) is 3.93. The standard InChI is InChI=1S/C22H24N2O3/c1-24(2)22(26)14-7-9-18-17(11-14)15-5-4-6-16(15)21(23-18)13-8-10-19(25)20(12-13)27-3/h4-5,7-12,15-16,21,23,25H,6H2,1-3H3. The highest BCUT2D eigenvalue weighted by atomic mass is 16.5. The first-order valence-corrected chi connectivity index (χ1v) is 9.15. The molecule has 2 aromatic rings. The van der Waals surface area contributed by atoms with Gasteiger partial charge in [0.25, 0.3) is 5.91 Å². The van der Waals surface area contributed by atoms with E-state index in [0.29, 0.717) is 17.2 Å². The Balaban J connectivity index is 1.73. The van der Waals surface area contributed by atoms with E-state index in [1.165, 1.54) is 5.56 Å². The highest BCUT2D eigenvalue weighted by Gasteiger charge is 2.38. The molecule has 2 N–H and O–H groups in total. The molecule has 1 aliphatic heterocycles. The summed E-state index contributed by atoms with van der Waals surface area (Å²) in [6, 6.07) is 11.5. The van der Waals surface area contributed by atoms with E-state index in [9.17, 15) is 9.90 Å². The fourth-order valence-corrected chi connectivity index (χ4v) is 4.20. The average Bonchev–Trinajstić information content (AvgIpc) is 3.17. The van der Waals surface area contributed by atoms with Gasteiger partial charge in [0.15, 0.2) is 11.5 Å². The molecule has 2 aromatic carbocycles. The van der Waals surface area contributed by atoms with Gasteiger partial charge in [-0.15, -0.1) is 0 Å². The van der Waals surface area contributed by atoms with E-state index in [1.807, 2.05) is 30.3 Å². The molecule has 27 heavy (non-hydrogen) atoms. The lowest BCUT2D eigenvalue weighted by atomic mass is 9.76. The number of phenolic OH excluding ortho intramolecular Hbond substituents is 1. The fourth-order valence-electron chi connectivity index (χ4n) is 4.20. The lowest BCUT2D eigenvalue weighted by Gasteiger charge is -2.38. The number of hydrogen-bond donors (Lipinski definition) is 2. The normalized spacial score (nSPS) is 22.6. The van der Waals surface area contributed by atoms with Crippen molar-refractivity contribution in [2.75, 3.05) is 26.5 Å². The molecule has 0 aromatic heterocycles. The summed E-state index contributed by atoms with van der Waals surface area (Å²) < 4.78 is 5.29. The van der Waals surface area contributed by atoms with Crippen LogP contribution in [0, 0.1) is 5.92 Å². The van der Waals surface area contributed by atoms with Crippen LogP contribution < -0.4 is 10.1 Å². The SMILES string of the molecule is COc1cc(C2Nc3ccc(C(=O)N(C)C)cc3C3C=CCC32)ccc1O. The lowest BCUT2D eigenvalue weighted by molar-refractivity contribution is 0.0827. The molecule has 0 saturated heterocycles. The summed E-state index contributed by atoms with van der Waals surface area (Å²) in [4.78, 5) is 14.0. The summed E-state index contributed by atoms with van der Waals surface area (Å²) in [7, 11) is 5.10. The van der Waals surface area contributed by atoms with Crippen LogP contribution in [0.15, 0.2) is 48.6 Å². The second-order valence-electron chi connectivity index (χ2n) is 7.41. The van der Waals surface area contributed by atoms with Crippen LogP contribution in [0.2, 0.25) is 0 Å². The van der Waals surface area contributed by atoms with Crippen LogP contribution in [-0.4, -0.2) is 37.1 Å². The third kappa shape index (κ3) is 2.93. The van der Waals surface area contributed by atoms with Crippen molar-refractivity contribution in [3.8, 4) is 11.5 Å². The Kier molecular flexibility index (Phi) is 4.30. The zero-order valence-electron chi connectivity index (χ0n) is 15.8. The maximum absolute atomic E-state index is 12.4. The largest absolute Gasteiger partial charge is 0.504 e. The van der Waals surface area contributed by atoms with Crippen molar-refractivity contribution in [2.45, 2.75) is 18.4 Å². The van der Waals surface area contributed by atoms with Gasteiger partial charge in [-0.05, 0) is 53.8 Å². The number of aromatic hydroxyl groups is 1. The highest BCUT2D eigenvalue weighted by Crippen LogP contribution is 2.50. The Morgan fingerprint density at radius 2 is 2.04 bits per heavy atom. The Labute approximate surface area is 159 Å². The quantitative estimate of drug-likeness (QED) is 0.810. The fraction of sp³-hybridized carbons (Fsp3) is 0.318. The number of methoxy groups -OCH3 is 1. The van der Waals surface area contributed by atoms with Crippen molar-refractivity contribution >= 4 is 11.6 Å². The van der Waals surface area contributed by atoms with E-state index < -0.39 is 0 Å². The van der Waals surface area contributed by atoms with E-state index in [1.54, 1.807) is 32.2 Å². The zero-order chi connectivity index (χ0) is 19.1. The van der Waals surface area contributed by atoms with Gasteiger partial charge in [0.1, 0.15) is 0 Å². The number of fused-ring (bicyclic) bond motifs is 3. The molecule has 0 radical (unpaired) electrons. The van der Waals surface area contributed by atoms with Crippen LogP contribution in [0.5, 0.6) is 11.5 Å². The minimum atomic E-state index is 0.0155. The Hall–Kier alpha value is -2.95. The highest BCUT2D eigenvalue weighted by molar-refractivity contribution is 5.94. The molecule has 0 fully saturated rings. The van der Waals surface area contributed by atoms with Crippen molar-refractivity contribution < 1.29 is 14.6 Å². The van der Waals surface area contributed by atoms with Gasteiger partial charge in [-0.2, -0.15) is 0 Å². The number of anilines is 1. The molecule has 1 amide bonds. The van der Waals surface area contributed by atoms with Gasteiger partial charge in [-0.1, -0.05) is 18.2 Å². The van der Waals surface area contributed by atoms with Gasteiger partial charge in [-0.3, -0.25) is 4.79 Å². The number of nitrogens with one attached hydrogen (secondary N) is 1. The van der Waals surface area contributed by atoms with Crippen LogP contribution in [0.3, 0.4) is 0 Å². The number of allylic oxidation sites excluding steroid dienone is 2. The second kappa shape index (κ2) is 6.65. The Morgan fingerprint density at radius 1 is 1.22 bits per heavy atom. The molecule has 0 saturated carbocycles. The van der Waals surface area contributed by atoms with Crippen molar-refractivity contribution in [3.63, 3.8) is 0 Å². The number of nitrogens with zero attached hydrogens (tertiary/aromatic N) is 1. The van der Waals surface area contributed by atoms with Gasteiger partial charge in [0.05, 0.1) is 13.2 Å². The molecular weight excluding hydrogens is 340 g/mol. The van der Waals surface area contributed by atoms with E-state index in [0.717, 1.165) is 17.7 Å². The number of hydrogen-bond acceptors (Lipinski definition) is 4. The Bertz CT molecular complexity index is 920. The molecule has 0 spiro atoms. The van der Waals surface area contributed by atoms with Crippen LogP contribution in [0.25, 0.3) is 0 Å². The van der Waals surface area contributed by atoms with E-state index in [2.05, 4.69) is 17.5 Å². The lowest BCUT2D eigenvalue weighted by Crippen LogP contribution is -2.29. The van der Waals surface area contributed by atoms with Crippen LogP contribution in [0.1, 0.15) is 39.9 Å². The van der Waals surface area contributed by atoms with Crippen molar-refractivity contribution in [1.82, 2.24) is 4.90 Å². The van der Waals surface area contributed by atoms with Crippen LogP contribution >= 0.6 is 0 Å². The van der Waals surface area contributed by atoms with E-state index in [4.69, 9.17) is 4.74 Å². The number of amides is 1. The number of carbonyl (C=O) groups is 1. The summed E-state index contributed by atoms with van der Waals surface area (Å²) >= 11 is 0. The first-order valence-electron chi connectivity index (χ1n) is 9.15. The summed E-state index contributed by atoms with van der Waals surface area (Å²) in [6.07, 6.45) is 5.44. The first kappa shape index (κ1) is 17.5. The molecule has 5 heteroatoms. The third-order valence-electron chi connectivity index (χ3n) is 5.58. The number of phenols is 1. The van der Waals surface area contributed by atoms with Gasteiger partial charge in [0.2, 0.25) is 0 Å². The maximum Gasteiger partial charge on any atom is 0.253 e. The Morgan fingerprint density at radius 3 is 2.78 bits per heavy atom. The van der Waals surface area contributed by atoms with Gasteiger partial charge in [0, 0.05) is 31.3 Å². The molecule has 140 valence electrons. The number of rotatable bonds is 3. The number of benzene rings is 2. The van der Waals surface area contributed by atoms with Crippen molar-refractivity contribution in [3.05, 3.63) is 65.2 Å². The molecule has 2 aliphatic rings. The molecule has 1 heterocycles. The minimum Gasteiger partial charge on any atom is -0.504 e. The topological polar surface area (TPSA) is 61.8 Å². The minimum absolute atomic E-state index is 0.0155. The van der Waals surface area contributed by atoms with Crippen LogP contribution in [0.4, 0.5) is 5.69 Å². The summed E-state index contributed by atoms with van der Waals surface area (Å²) in [5.74, 6) is 1.26. The van der Waals surface area contributed by atoms with Gasteiger partial charge < -0.3 is 20.1 Å². The molecule has 0 bridgehead atoms.